The number of aromatic hydroxyl groups is 1. The molecule has 1 atom stereocenters. The number of benzene rings is 2. The molecule has 1 N–H and O–H groups in total. The van der Waals surface area contributed by atoms with Gasteiger partial charge in [0.25, 0.3) is 0 Å². The van der Waals surface area contributed by atoms with Crippen LogP contribution in [0.5, 0.6) is 5.88 Å². The van der Waals surface area contributed by atoms with Crippen molar-refractivity contribution >= 4 is 16.3 Å². The minimum atomic E-state index is 0.00331. The van der Waals surface area contributed by atoms with Gasteiger partial charge in [-0.1, -0.05) is 72.0 Å². The second-order valence-electron chi connectivity index (χ2n) is 7.36. The highest BCUT2D eigenvalue weighted by Gasteiger charge is 2.31. The smallest absolute Gasteiger partial charge is 0.230 e. The average Bonchev–Trinajstić information content (AvgIpc) is 3.35. The van der Waals surface area contributed by atoms with Gasteiger partial charge in [0.1, 0.15) is 6.33 Å². The number of thiazole rings is 1. The fraction of sp³-hybridized carbons (Fsp3) is 0.273. The van der Waals surface area contributed by atoms with Crippen LogP contribution in [0.4, 0.5) is 0 Å². The van der Waals surface area contributed by atoms with E-state index in [9.17, 15) is 5.11 Å². The first kappa shape index (κ1) is 18.3. The standard InChI is InChI=1S/C22H23N5OS/c28-21-20(29-22-23-16-24-27(21)22)19(18-9-5-2-6-10-18)26-13-11-25(12-14-26)15-17-7-3-1-4-8-17/h1-10,16,19,28H,11-15H2/t19-/m1/s1. The number of hydrogen-bond acceptors (Lipinski definition) is 6. The summed E-state index contributed by atoms with van der Waals surface area (Å²) in [4.78, 5) is 10.8. The highest BCUT2D eigenvalue weighted by molar-refractivity contribution is 7.17. The van der Waals surface area contributed by atoms with Crippen molar-refractivity contribution in [1.29, 1.82) is 0 Å². The van der Waals surface area contributed by atoms with Crippen LogP contribution >= 0.6 is 11.3 Å². The first-order valence-electron chi connectivity index (χ1n) is 9.86. The molecule has 29 heavy (non-hydrogen) atoms. The zero-order valence-corrected chi connectivity index (χ0v) is 16.9. The van der Waals surface area contributed by atoms with Gasteiger partial charge in [0.15, 0.2) is 0 Å². The minimum Gasteiger partial charge on any atom is -0.492 e. The van der Waals surface area contributed by atoms with Crippen molar-refractivity contribution in [2.24, 2.45) is 0 Å². The first-order valence-corrected chi connectivity index (χ1v) is 10.7. The molecule has 3 heterocycles. The Balaban J connectivity index is 1.39. The molecule has 0 spiro atoms. The molecule has 148 valence electrons. The molecule has 0 bridgehead atoms. The van der Waals surface area contributed by atoms with E-state index in [-0.39, 0.29) is 11.9 Å². The van der Waals surface area contributed by atoms with E-state index in [4.69, 9.17) is 0 Å². The van der Waals surface area contributed by atoms with Crippen molar-refractivity contribution in [3.05, 3.63) is 83.0 Å². The summed E-state index contributed by atoms with van der Waals surface area (Å²) in [6, 6.07) is 21.0. The van der Waals surface area contributed by atoms with E-state index < -0.39 is 0 Å². The van der Waals surface area contributed by atoms with Crippen LogP contribution in [0.2, 0.25) is 0 Å². The molecule has 0 saturated carbocycles. The summed E-state index contributed by atoms with van der Waals surface area (Å²) in [6.07, 6.45) is 1.48. The van der Waals surface area contributed by atoms with E-state index >= 15 is 0 Å². The molecule has 2 aromatic heterocycles. The molecule has 6 nitrogen and oxygen atoms in total. The Kier molecular flexibility index (Phi) is 5.01. The van der Waals surface area contributed by atoms with Gasteiger partial charge in [-0.15, -0.1) is 0 Å². The third kappa shape index (κ3) is 3.64. The second-order valence-corrected chi connectivity index (χ2v) is 8.36. The lowest BCUT2D eigenvalue weighted by Crippen LogP contribution is -2.47. The van der Waals surface area contributed by atoms with Gasteiger partial charge in [-0.2, -0.15) is 9.61 Å². The largest absolute Gasteiger partial charge is 0.492 e. The fourth-order valence-corrected chi connectivity index (χ4v) is 5.15. The molecule has 0 radical (unpaired) electrons. The van der Waals surface area contributed by atoms with Crippen molar-refractivity contribution in [2.75, 3.05) is 26.2 Å². The Labute approximate surface area is 173 Å². The van der Waals surface area contributed by atoms with Crippen molar-refractivity contribution in [1.82, 2.24) is 24.4 Å². The predicted molar refractivity (Wildman–Crippen MR) is 114 cm³/mol. The van der Waals surface area contributed by atoms with Crippen LogP contribution in [0.3, 0.4) is 0 Å². The van der Waals surface area contributed by atoms with Gasteiger partial charge in [0, 0.05) is 32.7 Å². The molecule has 4 aromatic rings. The van der Waals surface area contributed by atoms with E-state index in [2.05, 4.69) is 74.5 Å². The first-order chi connectivity index (χ1) is 14.3. The summed E-state index contributed by atoms with van der Waals surface area (Å²) in [6.45, 7) is 4.87. The van der Waals surface area contributed by atoms with E-state index in [1.54, 1.807) is 0 Å². The van der Waals surface area contributed by atoms with Crippen LogP contribution < -0.4 is 0 Å². The number of piperazine rings is 1. The summed E-state index contributed by atoms with van der Waals surface area (Å²) in [5.41, 5.74) is 2.53. The van der Waals surface area contributed by atoms with Crippen LogP contribution in [-0.2, 0) is 6.54 Å². The third-order valence-corrected chi connectivity index (χ3v) is 6.61. The van der Waals surface area contributed by atoms with E-state index in [0.29, 0.717) is 0 Å². The Morgan fingerprint density at radius 1 is 0.931 bits per heavy atom. The zero-order chi connectivity index (χ0) is 19.6. The molecule has 7 heteroatoms. The maximum Gasteiger partial charge on any atom is 0.230 e. The monoisotopic (exact) mass is 405 g/mol. The second kappa shape index (κ2) is 7.94. The summed E-state index contributed by atoms with van der Waals surface area (Å²) >= 11 is 1.51. The van der Waals surface area contributed by atoms with Gasteiger partial charge in [-0.3, -0.25) is 9.80 Å². The number of nitrogens with zero attached hydrogens (tertiary/aromatic N) is 5. The van der Waals surface area contributed by atoms with Crippen LogP contribution in [0.15, 0.2) is 67.0 Å². The minimum absolute atomic E-state index is 0.00331. The normalized spacial score (nSPS) is 17.0. The van der Waals surface area contributed by atoms with Gasteiger partial charge in [-0.05, 0) is 11.1 Å². The fourth-order valence-electron chi connectivity index (χ4n) is 4.06. The van der Waals surface area contributed by atoms with E-state index in [1.165, 1.54) is 33.3 Å². The van der Waals surface area contributed by atoms with Crippen LogP contribution in [0.1, 0.15) is 22.0 Å². The quantitative estimate of drug-likeness (QED) is 0.552. The number of aromatic nitrogens is 3. The topological polar surface area (TPSA) is 56.9 Å². The van der Waals surface area contributed by atoms with Gasteiger partial charge >= 0.3 is 0 Å². The van der Waals surface area contributed by atoms with Crippen molar-refractivity contribution in [3.8, 4) is 5.88 Å². The van der Waals surface area contributed by atoms with Crippen molar-refractivity contribution < 1.29 is 5.11 Å². The average molecular weight is 406 g/mol. The SMILES string of the molecule is Oc1c([C@@H](c2ccccc2)N2CCN(Cc3ccccc3)CC2)sc2ncnn12. The lowest BCUT2D eigenvalue weighted by molar-refractivity contribution is 0.105. The Bertz CT molecular complexity index is 1070. The number of hydrogen-bond donors (Lipinski definition) is 1. The Morgan fingerprint density at radius 2 is 1.62 bits per heavy atom. The molecule has 1 fully saturated rings. The number of fused-ring (bicyclic) bond motifs is 1. The molecule has 0 unspecified atom stereocenters. The van der Waals surface area contributed by atoms with Crippen LogP contribution in [0, 0.1) is 0 Å². The molecule has 1 saturated heterocycles. The van der Waals surface area contributed by atoms with E-state index in [0.717, 1.165) is 42.6 Å². The molecule has 0 aliphatic carbocycles. The molecular formula is C22H23N5OS. The Morgan fingerprint density at radius 3 is 2.31 bits per heavy atom. The number of rotatable bonds is 5. The summed E-state index contributed by atoms with van der Waals surface area (Å²) in [5.74, 6) is 0.197. The maximum atomic E-state index is 10.8. The molecule has 1 aliphatic rings. The molecular weight excluding hydrogens is 382 g/mol. The Hall–Kier alpha value is -2.74. The van der Waals surface area contributed by atoms with Gasteiger partial charge in [-0.25, -0.2) is 4.98 Å². The highest BCUT2D eigenvalue weighted by atomic mass is 32.1. The van der Waals surface area contributed by atoms with Gasteiger partial charge < -0.3 is 5.11 Å². The molecule has 0 amide bonds. The van der Waals surface area contributed by atoms with E-state index in [1.807, 2.05) is 6.07 Å². The van der Waals surface area contributed by atoms with Crippen molar-refractivity contribution in [3.63, 3.8) is 0 Å². The molecule has 5 rings (SSSR count). The van der Waals surface area contributed by atoms with Gasteiger partial charge in [0.2, 0.25) is 10.8 Å². The van der Waals surface area contributed by atoms with Crippen molar-refractivity contribution in [2.45, 2.75) is 12.6 Å². The lowest BCUT2D eigenvalue weighted by atomic mass is 10.0. The van der Waals surface area contributed by atoms with Crippen LogP contribution in [-0.4, -0.2) is 55.7 Å². The third-order valence-electron chi connectivity index (χ3n) is 5.52. The summed E-state index contributed by atoms with van der Waals surface area (Å²) in [5, 5.41) is 15.0. The summed E-state index contributed by atoms with van der Waals surface area (Å²) in [7, 11) is 0. The molecule has 1 aliphatic heterocycles. The predicted octanol–water partition coefficient (Wildman–Crippen LogP) is 3.40. The van der Waals surface area contributed by atoms with Crippen LogP contribution in [0.25, 0.3) is 4.96 Å². The highest BCUT2D eigenvalue weighted by Crippen LogP contribution is 2.39. The maximum absolute atomic E-state index is 10.8. The molecule has 2 aromatic carbocycles. The summed E-state index contributed by atoms with van der Waals surface area (Å²) < 4.78 is 1.53. The zero-order valence-electron chi connectivity index (χ0n) is 16.1. The van der Waals surface area contributed by atoms with Gasteiger partial charge in [0.05, 0.1) is 10.9 Å². The lowest BCUT2D eigenvalue weighted by Gasteiger charge is -2.39.